The van der Waals surface area contributed by atoms with Crippen LogP contribution in [0.4, 0.5) is 3.89 Å². The highest BCUT2D eigenvalue weighted by molar-refractivity contribution is 7.87. The zero-order valence-electron chi connectivity index (χ0n) is 12.1. The number of nitrogens with zero attached hydrogens (tertiary/aromatic N) is 1. The molecule has 1 fully saturated rings. The van der Waals surface area contributed by atoms with Crippen LogP contribution in [0.5, 0.6) is 0 Å². The van der Waals surface area contributed by atoms with E-state index in [0.29, 0.717) is 13.1 Å². The average molecular weight is 319 g/mol. The molecule has 2 atom stereocenters. The number of rotatable bonds is 4. The van der Waals surface area contributed by atoms with Crippen molar-refractivity contribution in [2.45, 2.75) is 17.7 Å². The first-order valence-corrected chi connectivity index (χ1v) is 8.73. The summed E-state index contributed by atoms with van der Waals surface area (Å²) in [4.78, 5) is 2.01. The van der Waals surface area contributed by atoms with Gasteiger partial charge in [-0.15, -0.1) is 3.89 Å². The molecule has 2 aromatic rings. The van der Waals surface area contributed by atoms with Crippen molar-refractivity contribution in [1.29, 1.82) is 0 Å². The summed E-state index contributed by atoms with van der Waals surface area (Å²) >= 11 is 0. The van der Waals surface area contributed by atoms with Crippen LogP contribution in [0.15, 0.2) is 60.7 Å². The second kappa shape index (κ2) is 6.18. The van der Waals surface area contributed by atoms with Crippen molar-refractivity contribution >= 4 is 10.2 Å². The van der Waals surface area contributed by atoms with Crippen molar-refractivity contribution < 1.29 is 12.3 Å². The molecular formula is C17H18FNO2S. The summed E-state index contributed by atoms with van der Waals surface area (Å²) in [6.07, 6.45) is 0. The summed E-state index contributed by atoms with van der Waals surface area (Å²) in [6.45, 7) is 1.41. The molecule has 0 aromatic heterocycles. The van der Waals surface area contributed by atoms with Crippen LogP contribution < -0.4 is 0 Å². The van der Waals surface area contributed by atoms with E-state index in [2.05, 4.69) is 0 Å². The third-order valence-electron chi connectivity index (χ3n) is 4.18. The van der Waals surface area contributed by atoms with Crippen LogP contribution in [0.1, 0.15) is 17.0 Å². The van der Waals surface area contributed by atoms with E-state index in [-0.39, 0.29) is 12.5 Å². The van der Waals surface area contributed by atoms with Gasteiger partial charge < -0.3 is 0 Å². The summed E-state index contributed by atoms with van der Waals surface area (Å²) in [6, 6.07) is 19.2. The molecule has 0 bridgehead atoms. The predicted octanol–water partition coefficient (Wildman–Crippen LogP) is 2.95. The molecule has 0 spiro atoms. The number of benzene rings is 2. The van der Waals surface area contributed by atoms with Crippen molar-refractivity contribution in [3.63, 3.8) is 0 Å². The van der Waals surface area contributed by atoms with Gasteiger partial charge in [-0.2, -0.15) is 8.42 Å². The van der Waals surface area contributed by atoms with E-state index < -0.39 is 15.5 Å². The van der Waals surface area contributed by atoms with E-state index >= 15 is 0 Å². The number of likely N-dealkylation sites (tertiary alicyclic amines) is 1. The van der Waals surface area contributed by atoms with Gasteiger partial charge in [0.05, 0.1) is 0 Å². The molecule has 0 aliphatic carbocycles. The maximum absolute atomic E-state index is 13.7. The first-order chi connectivity index (χ1) is 10.5. The van der Waals surface area contributed by atoms with Crippen LogP contribution in [0, 0.1) is 0 Å². The molecule has 0 amide bonds. The van der Waals surface area contributed by atoms with Gasteiger partial charge in [0.1, 0.15) is 5.25 Å². The Kier molecular flexibility index (Phi) is 4.27. The Hall–Kier alpha value is -1.72. The molecule has 116 valence electrons. The minimum absolute atomic E-state index is 0.229. The lowest BCUT2D eigenvalue weighted by molar-refractivity contribution is 0.326. The first-order valence-electron chi connectivity index (χ1n) is 7.29. The second-order valence-electron chi connectivity index (χ2n) is 5.71. The molecule has 3 nitrogen and oxygen atoms in total. The Morgan fingerprint density at radius 2 is 1.55 bits per heavy atom. The summed E-state index contributed by atoms with van der Waals surface area (Å²) < 4.78 is 36.7. The summed E-state index contributed by atoms with van der Waals surface area (Å²) in [5.74, 6) is -0.320. The summed E-state index contributed by atoms with van der Waals surface area (Å²) in [5.41, 5.74) is 1.98. The van der Waals surface area contributed by atoms with Gasteiger partial charge in [0.15, 0.2) is 0 Å². The van der Waals surface area contributed by atoms with Gasteiger partial charge in [-0.05, 0) is 11.1 Å². The molecule has 2 aromatic carbocycles. The molecule has 5 heteroatoms. The smallest absolute Gasteiger partial charge is 0.297 e. The molecule has 0 radical (unpaired) electrons. The van der Waals surface area contributed by atoms with Gasteiger partial charge in [0, 0.05) is 25.6 Å². The molecule has 1 saturated heterocycles. The Bertz CT molecular complexity index is 719. The van der Waals surface area contributed by atoms with Crippen LogP contribution in [-0.2, 0) is 16.8 Å². The minimum Gasteiger partial charge on any atom is -0.297 e. The highest BCUT2D eigenvalue weighted by Crippen LogP contribution is 2.33. The topological polar surface area (TPSA) is 37.4 Å². The van der Waals surface area contributed by atoms with E-state index in [1.165, 1.54) is 0 Å². The highest BCUT2D eigenvalue weighted by Gasteiger charge is 2.42. The zero-order chi connectivity index (χ0) is 15.6. The van der Waals surface area contributed by atoms with Crippen LogP contribution >= 0.6 is 0 Å². The lowest BCUT2D eigenvalue weighted by Gasteiger charge is -2.16. The van der Waals surface area contributed by atoms with Gasteiger partial charge in [0.2, 0.25) is 0 Å². The number of halogens is 1. The number of hydrogen-bond donors (Lipinski definition) is 0. The average Bonchev–Trinajstić information content (AvgIpc) is 2.93. The number of hydrogen-bond acceptors (Lipinski definition) is 3. The molecule has 0 unspecified atom stereocenters. The van der Waals surface area contributed by atoms with Gasteiger partial charge in [-0.3, -0.25) is 4.90 Å². The van der Waals surface area contributed by atoms with Crippen LogP contribution in [0.3, 0.4) is 0 Å². The van der Waals surface area contributed by atoms with E-state index in [1.54, 1.807) is 0 Å². The van der Waals surface area contributed by atoms with Crippen molar-refractivity contribution in [3.8, 4) is 0 Å². The molecule has 22 heavy (non-hydrogen) atoms. The fraction of sp³-hybridized carbons (Fsp3) is 0.294. The van der Waals surface area contributed by atoms with Gasteiger partial charge in [-0.25, -0.2) is 0 Å². The normalized spacial score (nSPS) is 22.8. The molecular weight excluding hydrogens is 301 g/mol. The monoisotopic (exact) mass is 319 g/mol. The fourth-order valence-corrected chi connectivity index (χ4v) is 4.15. The fourth-order valence-electron chi connectivity index (χ4n) is 3.13. The first kappa shape index (κ1) is 15.2. The minimum atomic E-state index is -4.57. The highest BCUT2D eigenvalue weighted by atomic mass is 32.3. The largest absolute Gasteiger partial charge is 0.307 e. The van der Waals surface area contributed by atoms with Crippen molar-refractivity contribution in [1.82, 2.24) is 4.90 Å². The SMILES string of the molecule is O=S(=O)(F)[C@@H]1CN(Cc2ccccc2)C[C@H]1c1ccccc1. The Balaban J connectivity index is 1.83. The molecule has 0 saturated carbocycles. The quantitative estimate of drug-likeness (QED) is 0.813. The second-order valence-corrected chi connectivity index (χ2v) is 7.27. The summed E-state index contributed by atoms with van der Waals surface area (Å²) in [7, 11) is -4.57. The predicted molar refractivity (Wildman–Crippen MR) is 84.7 cm³/mol. The molecule has 3 rings (SSSR count). The van der Waals surface area contributed by atoms with Crippen molar-refractivity contribution in [2.24, 2.45) is 0 Å². The lowest BCUT2D eigenvalue weighted by atomic mass is 9.98. The Morgan fingerprint density at radius 1 is 0.955 bits per heavy atom. The van der Waals surface area contributed by atoms with Gasteiger partial charge in [0.25, 0.3) is 0 Å². The van der Waals surface area contributed by atoms with Gasteiger partial charge in [-0.1, -0.05) is 60.7 Å². The standard InChI is InChI=1S/C17H18FNO2S/c18-22(20,21)17-13-19(11-14-7-3-1-4-8-14)12-16(17)15-9-5-2-6-10-15/h1-10,16-17H,11-13H2/t16-,17+/m0/s1. The van der Waals surface area contributed by atoms with Crippen LogP contribution in [-0.4, -0.2) is 31.7 Å². The van der Waals surface area contributed by atoms with Crippen LogP contribution in [0.25, 0.3) is 0 Å². The lowest BCUT2D eigenvalue weighted by Crippen LogP contribution is -2.26. The zero-order valence-corrected chi connectivity index (χ0v) is 12.9. The van der Waals surface area contributed by atoms with Crippen molar-refractivity contribution in [3.05, 3.63) is 71.8 Å². The Labute approximate surface area is 130 Å². The van der Waals surface area contributed by atoms with E-state index in [9.17, 15) is 12.3 Å². The maximum atomic E-state index is 13.7. The van der Waals surface area contributed by atoms with Crippen molar-refractivity contribution in [2.75, 3.05) is 13.1 Å². The summed E-state index contributed by atoms with van der Waals surface area (Å²) in [5, 5.41) is -0.987. The van der Waals surface area contributed by atoms with Crippen LogP contribution in [0.2, 0.25) is 0 Å². The molecule has 0 N–H and O–H groups in total. The maximum Gasteiger partial charge on any atom is 0.307 e. The molecule has 1 aliphatic rings. The van der Waals surface area contributed by atoms with E-state index in [1.807, 2.05) is 65.6 Å². The van der Waals surface area contributed by atoms with Gasteiger partial charge >= 0.3 is 10.2 Å². The molecule has 1 heterocycles. The third kappa shape index (κ3) is 3.36. The Morgan fingerprint density at radius 3 is 2.14 bits per heavy atom. The van der Waals surface area contributed by atoms with E-state index in [0.717, 1.165) is 11.1 Å². The third-order valence-corrected chi connectivity index (χ3v) is 5.38. The van der Waals surface area contributed by atoms with E-state index in [4.69, 9.17) is 0 Å². The molecule has 1 aliphatic heterocycles.